The number of rotatable bonds is 6. The zero-order chi connectivity index (χ0) is 22.0. The van der Waals surface area contributed by atoms with E-state index in [1.807, 2.05) is 0 Å². The molecule has 0 spiro atoms. The minimum Gasteiger partial charge on any atom is -0.354 e. The van der Waals surface area contributed by atoms with Crippen LogP contribution in [0.3, 0.4) is 0 Å². The average molecular weight is 434 g/mol. The van der Waals surface area contributed by atoms with Gasteiger partial charge >= 0.3 is 0 Å². The number of nitrogens with zero attached hydrogens (tertiary/aromatic N) is 3. The molecule has 1 atom stereocenters. The third kappa shape index (κ3) is 4.43. The monoisotopic (exact) mass is 433 g/mol. The molecule has 164 valence electrons. The Morgan fingerprint density at radius 1 is 0.606 bits per heavy atom. The van der Waals surface area contributed by atoms with Crippen LogP contribution in [-0.4, -0.2) is 34.7 Å². The lowest BCUT2D eigenvalue weighted by Gasteiger charge is -2.26. The molecule has 1 unspecified atom stereocenters. The fourth-order valence-electron chi connectivity index (χ4n) is 4.92. The molecule has 0 saturated heterocycles. The summed E-state index contributed by atoms with van der Waals surface area (Å²) in [7, 11) is 0. The van der Waals surface area contributed by atoms with E-state index in [0.717, 1.165) is 33.1 Å². The first kappa shape index (κ1) is 19.9. The van der Waals surface area contributed by atoms with Crippen LogP contribution >= 0.6 is 0 Å². The molecule has 2 aliphatic rings. The summed E-state index contributed by atoms with van der Waals surface area (Å²) in [4.78, 5) is 8.63. The second-order valence-electron chi connectivity index (χ2n) is 9.18. The largest absolute Gasteiger partial charge is 0.354 e. The van der Waals surface area contributed by atoms with Crippen LogP contribution in [0.2, 0.25) is 0 Å². The van der Waals surface area contributed by atoms with Gasteiger partial charge in [0.15, 0.2) is 6.67 Å². The van der Waals surface area contributed by atoms with Crippen LogP contribution in [0.4, 0.5) is 0 Å². The summed E-state index contributed by atoms with van der Waals surface area (Å²) >= 11 is 0. The van der Waals surface area contributed by atoms with E-state index >= 15 is 0 Å². The number of hydrogen-bond donors (Lipinski definition) is 1. The molecule has 4 heteroatoms. The average Bonchev–Trinajstić information content (AvgIpc) is 3.48. The van der Waals surface area contributed by atoms with Crippen molar-refractivity contribution in [1.29, 1.82) is 0 Å². The van der Waals surface area contributed by atoms with Crippen molar-refractivity contribution in [2.45, 2.75) is 13.1 Å². The maximum atomic E-state index is 2.40. The zero-order valence-corrected chi connectivity index (χ0v) is 18.8. The highest BCUT2D eigenvalue weighted by Crippen LogP contribution is 2.19. The summed E-state index contributed by atoms with van der Waals surface area (Å²) in [6, 6.07) is 30.8. The van der Waals surface area contributed by atoms with Crippen LogP contribution < -0.4 is 4.90 Å². The second-order valence-corrected chi connectivity index (χ2v) is 9.18. The van der Waals surface area contributed by atoms with Crippen molar-refractivity contribution in [3.63, 3.8) is 0 Å². The molecule has 0 aromatic heterocycles. The predicted octanol–water partition coefficient (Wildman–Crippen LogP) is 4.33. The molecule has 0 saturated carbocycles. The lowest BCUT2D eigenvalue weighted by Crippen LogP contribution is -3.05. The molecule has 0 radical (unpaired) electrons. The number of fused-ring (bicyclic) bond motifs is 2. The highest BCUT2D eigenvalue weighted by atomic mass is 15.4. The molecule has 2 aliphatic heterocycles. The van der Waals surface area contributed by atoms with Gasteiger partial charge in [-0.3, -0.25) is 4.90 Å². The zero-order valence-electron chi connectivity index (χ0n) is 18.8. The van der Waals surface area contributed by atoms with Crippen molar-refractivity contribution in [2.24, 2.45) is 0 Å². The van der Waals surface area contributed by atoms with Gasteiger partial charge in [0.2, 0.25) is 0 Å². The molecule has 1 N–H and O–H groups in total. The van der Waals surface area contributed by atoms with E-state index in [4.69, 9.17) is 0 Å². The Hall–Kier alpha value is -3.76. The van der Waals surface area contributed by atoms with E-state index in [2.05, 4.69) is 124 Å². The second kappa shape index (κ2) is 8.64. The molecule has 33 heavy (non-hydrogen) atoms. The van der Waals surface area contributed by atoms with Crippen molar-refractivity contribution in [1.82, 2.24) is 14.7 Å². The van der Waals surface area contributed by atoms with Crippen LogP contribution in [0.5, 0.6) is 0 Å². The number of quaternary nitrogens is 1. The third-order valence-electron chi connectivity index (χ3n) is 6.59. The van der Waals surface area contributed by atoms with Crippen molar-refractivity contribution in [3.8, 4) is 0 Å². The maximum Gasteiger partial charge on any atom is 0.158 e. The van der Waals surface area contributed by atoms with Crippen LogP contribution in [0.25, 0.3) is 21.5 Å². The number of benzene rings is 4. The summed E-state index contributed by atoms with van der Waals surface area (Å²) < 4.78 is 0. The van der Waals surface area contributed by atoms with E-state index < -0.39 is 0 Å². The Bertz CT molecular complexity index is 1240. The number of hydrogen-bond acceptors (Lipinski definition) is 3. The molecule has 4 aromatic rings. The predicted molar refractivity (Wildman–Crippen MR) is 135 cm³/mol. The molecule has 0 aliphatic carbocycles. The molecule has 0 amide bonds. The van der Waals surface area contributed by atoms with E-state index in [1.54, 1.807) is 0 Å². The van der Waals surface area contributed by atoms with Crippen molar-refractivity contribution in [3.05, 3.63) is 121 Å². The quantitative estimate of drug-likeness (QED) is 0.487. The fraction of sp³-hybridized carbons (Fsp3) is 0.172. The highest BCUT2D eigenvalue weighted by molar-refractivity contribution is 5.83. The van der Waals surface area contributed by atoms with Gasteiger partial charge in [0.05, 0.1) is 19.5 Å². The van der Waals surface area contributed by atoms with Crippen molar-refractivity contribution in [2.75, 3.05) is 20.0 Å². The number of nitrogens with one attached hydrogen (secondary N) is 1. The molecular formula is C29H29N4+. The Labute approximate surface area is 195 Å². The molecule has 6 rings (SSSR count). The van der Waals surface area contributed by atoms with Crippen LogP contribution in [0.15, 0.2) is 110 Å². The first-order valence-electron chi connectivity index (χ1n) is 11.7. The van der Waals surface area contributed by atoms with Crippen LogP contribution in [-0.2, 0) is 13.1 Å². The third-order valence-corrected chi connectivity index (χ3v) is 6.59. The van der Waals surface area contributed by atoms with E-state index in [-0.39, 0.29) is 0 Å². The topological polar surface area (TPSA) is 14.2 Å². The first-order chi connectivity index (χ1) is 16.3. The summed E-state index contributed by atoms with van der Waals surface area (Å²) in [5, 5.41) is 5.25. The van der Waals surface area contributed by atoms with Crippen molar-refractivity contribution < 1.29 is 4.90 Å². The van der Waals surface area contributed by atoms with Gasteiger partial charge < -0.3 is 14.7 Å². The fourth-order valence-corrected chi connectivity index (χ4v) is 4.92. The minimum atomic E-state index is 0.919. The normalized spacial score (nSPS) is 17.7. The minimum absolute atomic E-state index is 0.919. The van der Waals surface area contributed by atoms with Gasteiger partial charge in [-0.25, -0.2) is 0 Å². The van der Waals surface area contributed by atoms with Gasteiger partial charge in [-0.2, -0.15) is 0 Å². The van der Waals surface area contributed by atoms with Gasteiger partial charge in [-0.15, -0.1) is 0 Å². The Balaban J connectivity index is 1.01. The first-order valence-corrected chi connectivity index (χ1v) is 11.7. The smallest absolute Gasteiger partial charge is 0.158 e. The van der Waals surface area contributed by atoms with Gasteiger partial charge in [0.1, 0.15) is 12.7 Å². The van der Waals surface area contributed by atoms with Crippen molar-refractivity contribution >= 4 is 21.5 Å². The molecular weight excluding hydrogens is 404 g/mol. The summed E-state index contributed by atoms with van der Waals surface area (Å²) in [6.45, 7) is 4.80. The highest BCUT2D eigenvalue weighted by Gasteiger charge is 2.21. The molecule has 2 heterocycles. The summed E-state index contributed by atoms with van der Waals surface area (Å²) in [5.41, 5.74) is 2.74. The summed E-state index contributed by atoms with van der Waals surface area (Å²) in [5.74, 6) is 0. The lowest BCUT2D eigenvalue weighted by molar-refractivity contribution is -0.863. The lowest BCUT2D eigenvalue weighted by atomic mass is 10.1. The standard InChI is InChI=1S/C29H28N4/c1-3-7-28-17-24(9-11-26(28)5-1)19-30-13-15-32(21-30)23-33-16-14-31(22-33)20-25-10-12-27-6-2-4-8-29(27)18-25/h1-18H,19-23H2/p+1. The Morgan fingerprint density at radius 2 is 1.24 bits per heavy atom. The Morgan fingerprint density at radius 3 is 2.00 bits per heavy atom. The molecule has 0 fully saturated rings. The summed E-state index contributed by atoms with van der Waals surface area (Å²) in [6.07, 6.45) is 8.98. The van der Waals surface area contributed by atoms with E-state index in [1.165, 1.54) is 37.6 Å². The van der Waals surface area contributed by atoms with E-state index in [0.29, 0.717) is 0 Å². The SMILES string of the molecule is C1=CN(CN2C=C[NH+](Cc3ccc4ccccc4c3)C2)CN1Cc1ccc2ccccc2c1. The van der Waals surface area contributed by atoms with Gasteiger partial charge in [-0.1, -0.05) is 72.8 Å². The van der Waals surface area contributed by atoms with E-state index in [9.17, 15) is 0 Å². The van der Waals surface area contributed by atoms with Crippen LogP contribution in [0, 0.1) is 0 Å². The molecule has 4 aromatic carbocycles. The van der Waals surface area contributed by atoms with Gasteiger partial charge in [-0.05, 0) is 39.2 Å². The Kier molecular flexibility index (Phi) is 5.21. The van der Waals surface area contributed by atoms with Gasteiger partial charge in [0.25, 0.3) is 0 Å². The molecule has 0 bridgehead atoms. The molecule has 4 nitrogen and oxygen atoms in total. The van der Waals surface area contributed by atoms with Crippen LogP contribution in [0.1, 0.15) is 11.1 Å². The maximum absolute atomic E-state index is 2.40. The van der Waals surface area contributed by atoms with Gasteiger partial charge in [0, 0.05) is 24.5 Å².